The summed E-state index contributed by atoms with van der Waals surface area (Å²) >= 11 is 0. The quantitative estimate of drug-likeness (QED) is 0.464. The minimum absolute atomic E-state index is 0.00713. The van der Waals surface area contributed by atoms with Gasteiger partial charge in [-0.25, -0.2) is 17.8 Å². The SMILES string of the molecule is Cc1c(C(F)(F)F)nnc(N2CCCC(F)(F)CC2)c1C(=O)Nc1cccc(S(C)(=O)=NC(=O)CN(C)C(=O)O)c1. The van der Waals surface area contributed by atoms with E-state index in [-0.39, 0.29) is 35.9 Å². The standard InChI is InChI=1S/C24H27F5N6O5S/c1-14-18(20(32-31-19(14)24(27,28)29)35-10-5-8-23(25,26)9-11-35)21(37)30-15-6-4-7-16(12-15)41(3,40)33-17(36)13-34(2)22(38)39/h4,6-7,12H,5,8-11,13H2,1-3H3,(H,30,37)(H,38,39). The number of aromatic nitrogens is 2. The van der Waals surface area contributed by atoms with Crippen LogP contribution in [0.5, 0.6) is 0 Å². The maximum atomic E-state index is 13.9. The van der Waals surface area contributed by atoms with Gasteiger partial charge in [-0.3, -0.25) is 9.59 Å². The number of anilines is 2. The summed E-state index contributed by atoms with van der Waals surface area (Å²) in [6, 6.07) is 5.23. The Hall–Kier alpha value is -3.89. The topological polar surface area (TPSA) is 145 Å². The van der Waals surface area contributed by atoms with Gasteiger partial charge in [0.05, 0.1) is 15.3 Å². The summed E-state index contributed by atoms with van der Waals surface area (Å²) in [5.41, 5.74) is -2.52. The number of amides is 3. The number of hydrogen-bond donors (Lipinski definition) is 2. The summed E-state index contributed by atoms with van der Waals surface area (Å²) in [4.78, 5) is 38.3. The molecule has 0 radical (unpaired) electrons. The number of carboxylic acid groups (broad SMARTS) is 1. The molecule has 0 saturated carbocycles. The lowest BCUT2D eigenvalue weighted by atomic mass is 10.1. The Balaban J connectivity index is 1.98. The molecule has 41 heavy (non-hydrogen) atoms. The number of alkyl halides is 5. The van der Waals surface area contributed by atoms with Gasteiger partial charge in [-0.1, -0.05) is 6.07 Å². The number of carbonyl (C=O) groups excluding carboxylic acids is 2. The van der Waals surface area contributed by atoms with Crippen molar-refractivity contribution in [3.8, 4) is 0 Å². The molecule has 1 saturated heterocycles. The molecule has 2 aromatic rings. The Morgan fingerprint density at radius 2 is 1.88 bits per heavy atom. The van der Waals surface area contributed by atoms with E-state index in [1.165, 1.54) is 29.2 Å². The largest absolute Gasteiger partial charge is 0.465 e. The van der Waals surface area contributed by atoms with Gasteiger partial charge in [0.25, 0.3) is 11.8 Å². The van der Waals surface area contributed by atoms with Crippen molar-refractivity contribution in [2.45, 2.75) is 43.2 Å². The molecular formula is C24H27F5N6O5S. The van der Waals surface area contributed by atoms with Gasteiger partial charge in [-0.15, -0.1) is 10.2 Å². The maximum absolute atomic E-state index is 13.9. The van der Waals surface area contributed by atoms with E-state index in [1.54, 1.807) is 0 Å². The van der Waals surface area contributed by atoms with Crippen LogP contribution in [0.1, 0.15) is 40.9 Å². The number of benzene rings is 1. The summed E-state index contributed by atoms with van der Waals surface area (Å²) in [5.74, 6) is -5.30. The molecule has 224 valence electrons. The molecule has 1 aromatic heterocycles. The zero-order valence-electron chi connectivity index (χ0n) is 22.2. The number of nitrogens with zero attached hydrogens (tertiary/aromatic N) is 5. The van der Waals surface area contributed by atoms with Crippen molar-refractivity contribution >= 4 is 39.1 Å². The van der Waals surface area contributed by atoms with Gasteiger partial charge >= 0.3 is 12.3 Å². The van der Waals surface area contributed by atoms with E-state index >= 15 is 0 Å². The Bertz CT molecular complexity index is 1480. The first-order chi connectivity index (χ1) is 18.9. The number of nitrogens with one attached hydrogen (secondary N) is 1. The van der Waals surface area contributed by atoms with Crippen LogP contribution >= 0.6 is 0 Å². The van der Waals surface area contributed by atoms with Gasteiger partial charge < -0.3 is 20.2 Å². The monoisotopic (exact) mass is 606 g/mol. The molecule has 3 amide bonds. The minimum atomic E-state index is -4.95. The lowest BCUT2D eigenvalue weighted by molar-refractivity contribution is -0.142. The van der Waals surface area contributed by atoms with E-state index in [4.69, 9.17) is 5.11 Å². The summed E-state index contributed by atoms with van der Waals surface area (Å²) in [6.45, 7) is 0.107. The molecule has 1 aliphatic rings. The first-order valence-corrected chi connectivity index (χ1v) is 14.0. The third-order valence-electron chi connectivity index (χ3n) is 6.22. The first kappa shape index (κ1) is 31.6. The Morgan fingerprint density at radius 1 is 1.20 bits per heavy atom. The molecule has 3 rings (SSSR count). The van der Waals surface area contributed by atoms with Crippen molar-refractivity contribution < 1.29 is 45.7 Å². The molecule has 1 fully saturated rings. The molecule has 0 aliphatic carbocycles. The third kappa shape index (κ3) is 7.86. The fourth-order valence-corrected chi connectivity index (χ4v) is 5.32. The first-order valence-electron chi connectivity index (χ1n) is 12.1. The second kappa shape index (κ2) is 11.9. The van der Waals surface area contributed by atoms with Crippen molar-refractivity contribution in [3.63, 3.8) is 0 Å². The highest BCUT2D eigenvalue weighted by Crippen LogP contribution is 2.36. The van der Waals surface area contributed by atoms with Gasteiger partial charge in [-0.05, 0) is 37.1 Å². The minimum Gasteiger partial charge on any atom is -0.465 e. The highest BCUT2D eigenvalue weighted by atomic mass is 32.2. The average Bonchev–Trinajstić information content (AvgIpc) is 3.02. The van der Waals surface area contributed by atoms with Gasteiger partial charge in [0.2, 0.25) is 5.92 Å². The second-order valence-electron chi connectivity index (χ2n) is 9.47. The Kier molecular flexibility index (Phi) is 9.20. The Labute approximate surface area is 231 Å². The van der Waals surface area contributed by atoms with E-state index < -0.39 is 75.9 Å². The average molecular weight is 607 g/mol. The molecule has 0 spiro atoms. The van der Waals surface area contributed by atoms with E-state index in [1.807, 2.05) is 0 Å². The van der Waals surface area contributed by atoms with Crippen molar-refractivity contribution in [2.24, 2.45) is 4.36 Å². The molecule has 11 nitrogen and oxygen atoms in total. The predicted octanol–water partition coefficient (Wildman–Crippen LogP) is 4.27. The maximum Gasteiger partial charge on any atom is 0.435 e. The van der Waals surface area contributed by atoms with E-state index in [9.17, 15) is 40.5 Å². The highest BCUT2D eigenvalue weighted by molar-refractivity contribution is 7.93. The fraction of sp³-hybridized carbons (Fsp3) is 0.458. The second-order valence-corrected chi connectivity index (χ2v) is 11.7. The van der Waals surface area contributed by atoms with Gasteiger partial charge in [0, 0.05) is 49.8 Å². The van der Waals surface area contributed by atoms with Crippen molar-refractivity contribution in [3.05, 3.63) is 41.1 Å². The van der Waals surface area contributed by atoms with Crippen LogP contribution in [0.2, 0.25) is 0 Å². The Morgan fingerprint density at radius 3 is 2.51 bits per heavy atom. The molecule has 2 N–H and O–H groups in total. The lowest BCUT2D eigenvalue weighted by Crippen LogP contribution is -2.31. The van der Waals surface area contributed by atoms with Crippen molar-refractivity contribution in [2.75, 3.05) is 43.2 Å². The number of likely N-dealkylation sites (N-methyl/N-ethyl adjacent to an activating group) is 1. The van der Waals surface area contributed by atoms with Crippen LogP contribution < -0.4 is 10.2 Å². The molecule has 1 aliphatic heterocycles. The number of halogens is 5. The van der Waals surface area contributed by atoms with Crippen LogP contribution in [0.3, 0.4) is 0 Å². The van der Waals surface area contributed by atoms with Crippen LogP contribution in [0, 0.1) is 6.92 Å². The van der Waals surface area contributed by atoms with Crippen LogP contribution in [0.4, 0.5) is 38.3 Å². The molecule has 17 heteroatoms. The van der Waals surface area contributed by atoms with Crippen LogP contribution in [-0.4, -0.2) is 81.2 Å². The summed E-state index contributed by atoms with van der Waals surface area (Å²) in [6.07, 6.45) is -6.25. The van der Waals surface area contributed by atoms with E-state index in [0.717, 1.165) is 20.2 Å². The number of carbonyl (C=O) groups is 3. The summed E-state index contributed by atoms with van der Waals surface area (Å²) in [7, 11) is -2.30. The van der Waals surface area contributed by atoms with Crippen LogP contribution in [0.15, 0.2) is 33.5 Å². The molecule has 2 heterocycles. The van der Waals surface area contributed by atoms with E-state index in [2.05, 4.69) is 19.9 Å². The number of hydrogen-bond acceptors (Lipinski definition) is 7. The normalized spacial score (nSPS) is 16.7. The smallest absolute Gasteiger partial charge is 0.435 e. The molecule has 1 unspecified atom stereocenters. The highest BCUT2D eigenvalue weighted by Gasteiger charge is 2.39. The summed E-state index contributed by atoms with van der Waals surface area (Å²) < 4.78 is 85.5. The molecule has 1 aromatic carbocycles. The predicted molar refractivity (Wildman–Crippen MR) is 138 cm³/mol. The van der Waals surface area contributed by atoms with Gasteiger partial charge in [0.15, 0.2) is 11.5 Å². The molecule has 0 bridgehead atoms. The van der Waals surface area contributed by atoms with Crippen molar-refractivity contribution in [1.82, 2.24) is 15.1 Å². The van der Waals surface area contributed by atoms with E-state index in [0.29, 0.717) is 4.90 Å². The lowest BCUT2D eigenvalue weighted by Gasteiger charge is -2.25. The fourth-order valence-electron chi connectivity index (χ4n) is 4.10. The molecule has 1 atom stereocenters. The molecular weight excluding hydrogens is 579 g/mol. The zero-order valence-corrected chi connectivity index (χ0v) is 23.0. The number of rotatable bonds is 6. The van der Waals surface area contributed by atoms with Gasteiger partial charge in [0.1, 0.15) is 6.54 Å². The third-order valence-corrected chi connectivity index (χ3v) is 7.90. The van der Waals surface area contributed by atoms with Crippen molar-refractivity contribution in [1.29, 1.82) is 0 Å². The van der Waals surface area contributed by atoms with Crippen LogP contribution in [0.25, 0.3) is 0 Å². The van der Waals surface area contributed by atoms with Crippen LogP contribution in [-0.2, 0) is 20.7 Å². The summed E-state index contributed by atoms with van der Waals surface area (Å²) in [5, 5.41) is 18.2. The van der Waals surface area contributed by atoms with Gasteiger partial charge in [-0.2, -0.15) is 17.5 Å². The zero-order chi connectivity index (χ0) is 30.8.